The number of nitrogens with two attached hydrogens (primary N) is 1. The summed E-state index contributed by atoms with van der Waals surface area (Å²) < 4.78 is 31.9. The van der Waals surface area contributed by atoms with Gasteiger partial charge in [0.2, 0.25) is 10.0 Å². The molecule has 6 nitrogen and oxygen atoms in total. The third-order valence-electron chi connectivity index (χ3n) is 3.67. The van der Waals surface area contributed by atoms with Crippen molar-refractivity contribution in [1.82, 2.24) is 4.72 Å². The second-order valence-electron chi connectivity index (χ2n) is 5.01. The Morgan fingerprint density at radius 1 is 1.45 bits per heavy atom. The molecule has 7 heteroatoms. The first-order valence-corrected chi connectivity index (χ1v) is 8.03. The molecule has 1 aliphatic rings. The number of hydrogen-bond donors (Lipinski definition) is 3. The lowest BCUT2D eigenvalue weighted by Gasteiger charge is -2.15. The van der Waals surface area contributed by atoms with Crippen molar-refractivity contribution in [3.05, 3.63) is 18.2 Å². The fourth-order valence-electron chi connectivity index (χ4n) is 2.41. The number of aliphatic hydroxyl groups excluding tert-OH is 1. The van der Waals surface area contributed by atoms with Gasteiger partial charge in [0.1, 0.15) is 5.75 Å². The van der Waals surface area contributed by atoms with Crippen molar-refractivity contribution < 1.29 is 18.3 Å². The number of anilines is 1. The van der Waals surface area contributed by atoms with E-state index in [1.54, 1.807) is 0 Å². The molecule has 0 aromatic heterocycles. The summed E-state index contributed by atoms with van der Waals surface area (Å²) in [5.41, 5.74) is 6.05. The van der Waals surface area contributed by atoms with Gasteiger partial charge in [-0.25, -0.2) is 13.1 Å². The van der Waals surface area contributed by atoms with E-state index in [0.29, 0.717) is 11.4 Å². The van der Waals surface area contributed by atoms with E-state index in [-0.39, 0.29) is 17.4 Å². The van der Waals surface area contributed by atoms with Crippen LogP contribution < -0.4 is 15.2 Å². The molecular formula is C13H20N2O4S. The van der Waals surface area contributed by atoms with Crippen LogP contribution >= 0.6 is 0 Å². The largest absolute Gasteiger partial charge is 0.495 e. The summed E-state index contributed by atoms with van der Waals surface area (Å²) in [5, 5.41) is 9.70. The molecule has 0 aliphatic heterocycles. The summed E-state index contributed by atoms with van der Waals surface area (Å²) in [6, 6.07) is 4.33. The van der Waals surface area contributed by atoms with Crippen molar-refractivity contribution in [3.63, 3.8) is 0 Å². The molecule has 4 N–H and O–H groups in total. The Balaban J connectivity index is 2.10. The van der Waals surface area contributed by atoms with Crippen molar-refractivity contribution in [2.45, 2.75) is 30.3 Å². The lowest BCUT2D eigenvalue weighted by Crippen LogP contribution is -2.32. The minimum absolute atomic E-state index is 0.0135. The third-order valence-corrected chi connectivity index (χ3v) is 5.09. The maximum atomic E-state index is 12.2. The van der Waals surface area contributed by atoms with E-state index >= 15 is 0 Å². The molecule has 0 bridgehead atoms. The van der Waals surface area contributed by atoms with Gasteiger partial charge in [-0.15, -0.1) is 0 Å². The Morgan fingerprint density at radius 2 is 2.20 bits per heavy atom. The molecule has 0 amide bonds. The molecule has 2 rings (SSSR count). The van der Waals surface area contributed by atoms with E-state index in [0.717, 1.165) is 19.3 Å². The fraction of sp³-hybridized carbons (Fsp3) is 0.538. The molecule has 1 aliphatic carbocycles. The zero-order valence-electron chi connectivity index (χ0n) is 11.4. The maximum Gasteiger partial charge on any atom is 0.240 e. The van der Waals surface area contributed by atoms with Crippen LogP contribution in [0.25, 0.3) is 0 Å². The quantitative estimate of drug-likeness (QED) is 0.695. The minimum atomic E-state index is -3.62. The minimum Gasteiger partial charge on any atom is -0.495 e. The Bertz CT molecular complexity index is 574. The van der Waals surface area contributed by atoms with Gasteiger partial charge in [0.15, 0.2) is 0 Å². The van der Waals surface area contributed by atoms with Crippen molar-refractivity contribution in [1.29, 1.82) is 0 Å². The number of sulfonamides is 1. The van der Waals surface area contributed by atoms with Crippen molar-refractivity contribution in [2.24, 2.45) is 5.92 Å². The molecule has 0 heterocycles. The monoisotopic (exact) mass is 300 g/mol. The smallest absolute Gasteiger partial charge is 0.240 e. The van der Waals surface area contributed by atoms with Crippen LogP contribution in [-0.2, 0) is 10.0 Å². The molecule has 1 aromatic carbocycles. The number of ether oxygens (including phenoxy) is 1. The first-order valence-electron chi connectivity index (χ1n) is 6.55. The highest BCUT2D eigenvalue weighted by Crippen LogP contribution is 2.27. The summed E-state index contributed by atoms with van der Waals surface area (Å²) in [7, 11) is -2.18. The van der Waals surface area contributed by atoms with Gasteiger partial charge in [-0.3, -0.25) is 0 Å². The van der Waals surface area contributed by atoms with Gasteiger partial charge in [0.05, 0.1) is 23.8 Å². The molecule has 1 saturated carbocycles. The highest BCUT2D eigenvalue weighted by atomic mass is 32.2. The van der Waals surface area contributed by atoms with Crippen LogP contribution in [0.5, 0.6) is 5.75 Å². The molecule has 2 atom stereocenters. The van der Waals surface area contributed by atoms with E-state index in [1.165, 1.54) is 25.3 Å². The Morgan fingerprint density at radius 3 is 2.80 bits per heavy atom. The number of nitrogen functional groups attached to an aromatic ring is 1. The van der Waals surface area contributed by atoms with Crippen LogP contribution in [0.1, 0.15) is 19.3 Å². The highest BCUT2D eigenvalue weighted by molar-refractivity contribution is 7.89. The lowest BCUT2D eigenvalue weighted by atomic mass is 10.1. The topological polar surface area (TPSA) is 102 Å². The molecule has 1 aromatic rings. The molecular weight excluding hydrogens is 280 g/mol. The number of benzene rings is 1. The predicted molar refractivity (Wildman–Crippen MR) is 75.9 cm³/mol. The maximum absolute atomic E-state index is 12.2. The lowest BCUT2D eigenvalue weighted by molar-refractivity contribution is 0.134. The van der Waals surface area contributed by atoms with Crippen LogP contribution in [-0.4, -0.2) is 33.3 Å². The Labute approximate surface area is 119 Å². The zero-order valence-corrected chi connectivity index (χ0v) is 12.2. The summed E-state index contributed by atoms with van der Waals surface area (Å²) in [5.74, 6) is 0.314. The number of hydrogen-bond acceptors (Lipinski definition) is 5. The zero-order chi connectivity index (χ0) is 14.8. The van der Waals surface area contributed by atoms with E-state index in [2.05, 4.69) is 4.72 Å². The van der Waals surface area contributed by atoms with E-state index in [4.69, 9.17) is 10.5 Å². The fourth-order valence-corrected chi connectivity index (χ4v) is 3.52. The Hall–Kier alpha value is -1.31. The number of aliphatic hydroxyl groups is 1. The van der Waals surface area contributed by atoms with Gasteiger partial charge in [-0.2, -0.15) is 0 Å². The molecule has 112 valence electrons. The molecule has 1 fully saturated rings. The van der Waals surface area contributed by atoms with Crippen molar-refractivity contribution in [2.75, 3.05) is 19.4 Å². The standard InChI is InChI=1S/C13H20N2O4S/c1-19-13-7-10(5-6-11(13)14)20(17,18)15-8-9-3-2-4-12(9)16/h5-7,9,12,15-16H,2-4,8,14H2,1H3. The number of nitrogens with one attached hydrogen (secondary N) is 1. The summed E-state index contributed by atoms with van der Waals surface area (Å²) >= 11 is 0. The van der Waals surface area contributed by atoms with Gasteiger partial charge < -0.3 is 15.6 Å². The van der Waals surface area contributed by atoms with Gasteiger partial charge >= 0.3 is 0 Å². The average molecular weight is 300 g/mol. The predicted octanol–water partition coefficient (Wildman–Crippen LogP) is 0.717. The van der Waals surface area contributed by atoms with Crippen molar-refractivity contribution in [3.8, 4) is 5.75 Å². The van der Waals surface area contributed by atoms with Crippen LogP contribution in [0.15, 0.2) is 23.1 Å². The SMILES string of the molecule is COc1cc(S(=O)(=O)NCC2CCCC2O)ccc1N. The van der Waals surface area contributed by atoms with Gasteiger partial charge in [-0.1, -0.05) is 6.42 Å². The van der Waals surface area contributed by atoms with Crippen LogP contribution in [0.3, 0.4) is 0 Å². The van der Waals surface area contributed by atoms with E-state index in [9.17, 15) is 13.5 Å². The number of methoxy groups -OCH3 is 1. The molecule has 2 unspecified atom stereocenters. The third kappa shape index (κ3) is 3.23. The van der Waals surface area contributed by atoms with Gasteiger partial charge in [0, 0.05) is 12.6 Å². The van der Waals surface area contributed by atoms with Gasteiger partial charge in [-0.05, 0) is 30.9 Å². The van der Waals surface area contributed by atoms with E-state index in [1.807, 2.05) is 0 Å². The molecule has 0 radical (unpaired) electrons. The summed E-state index contributed by atoms with van der Waals surface area (Å²) in [6.07, 6.45) is 2.10. The van der Waals surface area contributed by atoms with Crippen LogP contribution in [0, 0.1) is 5.92 Å². The average Bonchev–Trinajstić information content (AvgIpc) is 2.82. The molecule has 0 spiro atoms. The highest BCUT2D eigenvalue weighted by Gasteiger charge is 2.27. The second-order valence-corrected chi connectivity index (χ2v) is 6.78. The van der Waals surface area contributed by atoms with Crippen LogP contribution in [0.2, 0.25) is 0 Å². The first-order chi connectivity index (χ1) is 9.44. The normalized spacial score (nSPS) is 22.9. The summed E-state index contributed by atoms with van der Waals surface area (Å²) in [6.45, 7) is 0.246. The summed E-state index contributed by atoms with van der Waals surface area (Å²) in [4.78, 5) is 0.107. The van der Waals surface area contributed by atoms with Crippen molar-refractivity contribution >= 4 is 15.7 Å². The van der Waals surface area contributed by atoms with Crippen LogP contribution in [0.4, 0.5) is 5.69 Å². The Kier molecular flexibility index (Phi) is 4.52. The second kappa shape index (κ2) is 5.99. The molecule has 20 heavy (non-hydrogen) atoms. The van der Waals surface area contributed by atoms with Gasteiger partial charge in [0.25, 0.3) is 0 Å². The first kappa shape index (κ1) is 15.1. The number of rotatable bonds is 5. The molecule has 0 saturated heterocycles. The van der Waals surface area contributed by atoms with E-state index < -0.39 is 16.1 Å².